The zero-order valence-corrected chi connectivity index (χ0v) is 18.4. The van der Waals surface area contributed by atoms with Crippen LogP contribution in [0.4, 0.5) is 0 Å². The number of carbonyl (C=O) groups excluding carboxylic acids is 2. The molecule has 2 fully saturated rings. The fourth-order valence-electron chi connectivity index (χ4n) is 5.59. The van der Waals surface area contributed by atoms with Gasteiger partial charge in [0, 0.05) is 50.1 Å². The van der Waals surface area contributed by atoms with Gasteiger partial charge in [-0.25, -0.2) is 0 Å². The molecule has 1 aromatic heterocycles. The molecule has 1 aromatic carbocycles. The highest BCUT2D eigenvalue weighted by atomic mass is 16.2. The number of likely N-dealkylation sites (tertiary alicyclic amines) is 2. The quantitative estimate of drug-likeness (QED) is 0.809. The number of aryl methyl sites for hydroxylation is 3. The molecular weight excluding hydrogens is 388 g/mol. The summed E-state index contributed by atoms with van der Waals surface area (Å²) in [6.07, 6.45) is 7.27. The normalized spacial score (nSPS) is 22.5. The number of piperidine rings is 1. The smallest absolute Gasteiger partial charge is 0.227 e. The summed E-state index contributed by atoms with van der Waals surface area (Å²) >= 11 is 0. The Hall–Kier alpha value is -2.63. The minimum absolute atomic E-state index is 0.221. The molecule has 2 saturated heterocycles. The number of nitrogens with one attached hydrogen (secondary N) is 1. The summed E-state index contributed by atoms with van der Waals surface area (Å²) < 4.78 is 0. The van der Waals surface area contributed by atoms with E-state index in [2.05, 4.69) is 23.2 Å². The van der Waals surface area contributed by atoms with E-state index in [1.807, 2.05) is 28.0 Å². The second-order valence-corrected chi connectivity index (χ2v) is 9.44. The topological polar surface area (TPSA) is 69.3 Å². The lowest BCUT2D eigenvalue weighted by atomic mass is 9.82. The average molecular weight is 421 g/mol. The van der Waals surface area contributed by atoms with Gasteiger partial charge in [0.05, 0.1) is 12.1 Å². The van der Waals surface area contributed by atoms with Gasteiger partial charge >= 0.3 is 0 Å². The van der Waals surface area contributed by atoms with Gasteiger partial charge in [-0.2, -0.15) is 5.10 Å². The third-order valence-electron chi connectivity index (χ3n) is 7.52. The minimum atomic E-state index is 0.221. The fraction of sp³-hybridized carbons (Fsp3) is 0.560. The number of rotatable bonds is 5. The number of hydrogen-bond donors (Lipinski definition) is 1. The Bertz CT molecular complexity index is 982. The molecular formula is C25H32N4O2. The molecule has 2 atom stereocenters. The predicted octanol–water partition coefficient (Wildman–Crippen LogP) is 2.83. The van der Waals surface area contributed by atoms with Crippen LogP contribution in [-0.2, 0) is 35.3 Å². The number of carbonyl (C=O) groups is 2. The van der Waals surface area contributed by atoms with Crippen molar-refractivity contribution in [3.8, 4) is 0 Å². The molecule has 3 heterocycles. The maximum Gasteiger partial charge on any atom is 0.227 e. The van der Waals surface area contributed by atoms with Crippen LogP contribution in [0.15, 0.2) is 24.3 Å². The molecule has 0 unspecified atom stereocenters. The predicted molar refractivity (Wildman–Crippen MR) is 119 cm³/mol. The highest BCUT2D eigenvalue weighted by molar-refractivity contribution is 5.81. The first-order valence-electron chi connectivity index (χ1n) is 11.8. The Kier molecular flexibility index (Phi) is 5.55. The molecule has 3 aliphatic rings. The molecule has 6 heteroatoms. The number of amides is 2. The molecule has 2 aliphatic heterocycles. The molecule has 31 heavy (non-hydrogen) atoms. The molecule has 6 nitrogen and oxygen atoms in total. The summed E-state index contributed by atoms with van der Waals surface area (Å²) in [6.45, 7) is 4.39. The second-order valence-electron chi connectivity index (χ2n) is 9.44. The lowest BCUT2D eigenvalue weighted by Gasteiger charge is -2.53. The first-order chi connectivity index (χ1) is 15.1. The van der Waals surface area contributed by atoms with E-state index in [1.54, 1.807) is 0 Å². The highest BCUT2D eigenvalue weighted by Gasteiger charge is 2.45. The molecule has 0 bridgehead atoms. The van der Waals surface area contributed by atoms with Gasteiger partial charge in [-0.15, -0.1) is 0 Å². The number of hydrogen-bond acceptors (Lipinski definition) is 3. The number of aromatic nitrogens is 2. The van der Waals surface area contributed by atoms with Gasteiger partial charge in [-0.3, -0.25) is 14.7 Å². The van der Waals surface area contributed by atoms with Crippen molar-refractivity contribution in [3.05, 3.63) is 52.3 Å². The average Bonchev–Trinajstić information content (AvgIpc) is 3.17. The van der Waals surface area contributed by atoms with Crippen LogP contribution in [0.1, 0.15) is 53.8 Å². The third kappa shape index (κ3) is 4.00. The Morgan fingerprint density at radius 1 is 1.13 bits per heavy atom. The number of aromatic amines is 1. The largest absolute Gasteiger partial charge is 0.342 e. The maximum absolute atomic E-state index is 12.8. The first-order valence-corrected chi connectivity index (χ1v) is 11.8. The molecule has 5 rings (SSSR count). The zero-order chi connectivity index (χ0) is 21.4. The van der Waals surface area contributed by atoms with Crippen molar-refractivity contribution < 1.29 is 9.59 Å². The Morgan fingerprint density at radius 2 is 1.97 bits per heavy atom. The van der Waals surface area contributed by atoms with E-state index < -0.39 is 0 Å². The van der Waals surface area contributed by atoms with E-state index in [-0.39, 0.29) is 11.8 Å². The molecule has 0 spiro atoms. The summed E-state index contributed by atoms with van der Waals surface area (Å²) in [5, 5.41) is 7.66. The van der Waals surface area contributed by atoms with Gasteiger partial charge in [-0.05, 0) is 55.7 Å². The van der Waals surface area contributed by atoms with Crippen LogP contribution in [-0.4, -0.2) is 57.5 Å². The van der Waals surface area contributed by atoms with Gasteiger partial charge < -0.3 is 9.80 Å². The van der Waals surface area contributed by atoms with E-state index in [4.69, 9.17) is 0 Å². The zero-order valence-electron chi connectivity index (χ0n) is 18.4. The van der Waals surface area contributed by atoms with Crippen LogP contribution in [0.3, 0.4) is 0 Å². The number of nitrogens with zero attached hydrogens (tertiary/aromatic N) is 3. The molecule has 0 radical (unpaired) electrons. The van der Waals surface area contributed by atoms with Crippen molar-refractivity contribution in [2.75, 3.05) is 19.6 Å². The summed E-state index contributed by atoms with van der Waals surface area (Å²) in [6, 6.07) is 8.42. The molecule has 0 saturated carbocycles. The second kappa shape index (κ2) is 8.48. The standard InChI is InChI=1S/C25H32N4O2/c1-17-6-2-3-7-18(17)14-25(31)29-16-19-15-28(13-12-23(19)29)24(30)11-10-22-20-8-4-5-9-21(20)26-27-22/h2-3,6-7,19,23H,4-5,8-16H2,1H3,(H,26,27)/t19-,23-/m0/s1. The Balaban J connectivity index is 1.11. The first kappa shape index (κ1) is 20.3. The molecule has 164 valence electrons. The van der Waals surface area contributed by atoms with Crippen molar-refractivity contribution in [2.45, 2.75) is 64.3 Å². The third-order valence-corrected chi connectivity index (χ3v) is 7.52. The van der Waals surface area contributed by atoms with Crippen LogP contribution in [0.2, 0.25) is 0 Å². The lowest BCUT2D eigenvalue weighted by Crippen LogP contribution is -2.65. The van der Waals surface area contributed by atoms with Crippen LogP contribution in [0, 0.1) is 12.8 Å². The number of benzene rings is 1. The van der Waals surface area contributed by atoms with Crippen LogP contribution in [0.25, 0.3) is 0 Å². The summed E-state index contributed by atoms with van der Waals surface area (Å²) in [5.74, 6) is 0.881. The van der Waals surface area contributed by atoms with E-state index in [1.165, 1.54) is 29.7 Å². The monoisotopic (exact) mass is 420 g/mol. The van der Waals surface area contributed by atoms with Crippen molar-refractivity contribution in [1.29, 1.82) is 0 Å². The molecule has 1 aliphatic carbocycles. The number of fused-ring (bicyclic) bond motifs is 2. The van der Waals surface area contributed by atoms with E-state index in [0.29, 0.717) is 24.8 Å². The van der Waals surface area contributed by atoms with Gasteiger partial charge in [0.2, 0.25) is 11.8 Å². The Morgan fingerprint density at radius 3 is 2.81 bits per heavy atom. The van der Waals surface area contributed by atoms with Crippen molar-refractivity contribution >= 4 is 11.8 Å². The van der Waals surface area contributed by atoms with Gasteiger partial charge in [-0.1, -0.05) is 24.3 Å². The summed E-state index contributed by atoms with van der Waals surface area (Å²) in [4.78, 5) is 29.7. The maximum atomic E-state index is 12.8. The lowest BCUT2D eigenvalue weighted by molar-refractivity contribution is -0.151. The van der Waals surface area contributed by atoms with E-state index >= 15 is 0 Å². The van der Waals surface area contributed by atoms with Crippen molar-refractivity contribution in [2.24, 2.45) is 5.92 Å². The van der Waals surface area contributed by atoms with Crippen LogP contribution < -0.4 is 0 Å². The summed E-state index contributed by atoms with van der Waals surface area (Å²) in [5.41, 5.74) is 6.02. The summed E-state index contributed by atoms with van der Waals surface area (Å²) in [7, 11) is 0. The van der Waals surface area contributed by atoms with Gasteiger partial charge in [0.1, 0.15) is 0 Å². The van der Waals surface area contributed by atoms with Gasteiger partial charge in [0.25, 0.3) is 0 Å². The van der Waals surface area contributed by atoms with Gasteiger partial charge in [0.15, 0.2) is 0 Å². The number of H-pyrrole nitrogens is 1. The van der Waals surface area contributed by atoms with Crippen molar-refractivity contribution in [1.82, 2.24) is 20.0 Å². The molecule has 2 aromatic rings. The minimum Gasteiger partial charge on any atom is -0.342 e. The SMILES string of the molecule is Cc1ccccc1CC(=O)N1C[C@@H]2CN(C(=O)CCc3n[nH]c4c3CCCC4)CC[C@@H]21. The Labute approximate surface area is 184 Å². The van der Waals surface area contributed by atoms with Crippen molar-refractivity contribution in [3.63, 3.8) is 0 Å². The van der Waals surface area contributed by atoms with Crippen LogP contribution in [0.5, 0.6) is 0 Å². The van der Waals surface area contributed by atoms with Crippen LogP contribution >= 0.6 is 0 Å². The fourth-order valence-corrected chi connectivity index (χ4v) is 5.59. The molecule has 1 N–H and O–H groups in total. The van der Waals surface area contributed by atoms with E-state index in [9.17, 15) is 9.59 Å². The highest BCUT2D eigenvalue weighted by Crippen LogP contribution is 2.33. The molecule has 2 amide bonds. The van der Waals surface area contributed by atoms with E-state index in [0.717, 1.165) is 56.6 Å².